The molecule has 3 aliphatic carbocycles. The van der Waals surface area contributed by atoms with Gasteiger partial charge in [-0.2, -0.15) is 0 Å². The minimum absolute atomic E-state index is 0.490. The highest BCUT2D eigenvalue weighted by Crippen LogP contribution is 2.67. The first kappa shape index (κ1) is 20.2. The molecule has 0 spiro atoms. The summed E-state index contributed by atoms with van der Waals surface area (Å²) in [6.45, 7) is 13.7. The lowest BCUT2D eigenvalue weighted by Gasteiger charge is -2.60. The molecule has 27 heavy (non-hydrogen) atoms. The van der Waals surface area contributed by atoms with E-state index in [1.54, 1.807) is 0 Å². The Bertz CT molecular complexity index is 512. The average molecular weight is 375 g/mol. The predicted molar refractivity (Wildman–Crippen MR) is 115 cm³/mol. The minimum atomic E-state index is 0.490. The predicted octanol–water partition coefficient (Wildman–Crippen LogP) is 7.49. The maximum atomic E-state index is 6.29. The number of ether oxygens (including phenoxy) is 1. The molecule has 1 aliphatic heterocycles. The summed E-state index contributed by atoms with van der Waals surface area (Å²) in [6, 6.07) is 0. The van der Waals surface area contributed by atoms with E-state index in [-0.39, 0.29) is 0 Å². The van der Waals surface area contributed by atoms with Crippen LogP contribution in [-0.4, -0.2) is 12.7 Å². The zero-order chi connectivity index (χ0) is 19.2. The van der Waals surface area contributed by atoms with Gasteiger partial charge in [0.15, 0.2) is 0 Å². The molecule has 0 amide bonds. The quantitative estimate of drug-likeness (QED) is 0.484. The van der Waals surface area contributed by atoms with Crippen LogP contribution in [-0.2, 0) is 4.74 Å². The van der Waals surface area contributed by atoms with Crippen molar-refractivity contribution in [3.8, 4) is 0 Å². The molecule has 4 aliphatic rings. The lowest BCUT2D eigenvalue weighted by molar-refractivity contribution is -0.175. The minimum Gasteiger partial charge on any atom is -0.378 e. The molecular formula is C26H46O. The number of hydrogen-bond acceptors (Lipinski definition) is 1. The van der Waals surface area contributed by atoms with E-state index in [9.17, 15) is 0 Å². The summed E-state index contributed by atoms with van der Waals surface area (Å²) in [6.07, 6.45) is 16.5. The van der Waals surface area contributed by atoms with E-state index in [4.69, 9.17) is 4.74 Å². The fourth-order valence-corrected chi connectivity index (χ4v) is 8.74. The van der Waals surface area contributed by atoms with Crippen LogP contribution in [0, 0.1) is 46.3 Å². The SMILES string of the molecule is CC(C)CCC[C@H](C)[C@H]1CC[C@H]2[C@H]3CC[C@H]4OCCC[C@]4(C)[C@@H]3CC[C@]12C. The molecule has 1 saturated heterocycles. The first-order valence-electron chi connectivity index (χ1n) is 12.5. The number of fused-ring (bicyclic) bond motifs is 5. The third-order valence-corrected chi connectivity index (χ3v) is 10.2. The van der Waals surface area contributed by atoms with E-state index in [0.29, 0.717) is 16.9 Å². The van der Waals surface area contributed by atoms with Gasteiger partial charge in [-0.15, -0.1) is 0 Å². The Labute approximate surface area is 169 Å². The van der Waals surface area contributed by atoms with E-state index >= 15 is 0 Å². The summed E-state index contributed by atoms with van der Waals surface area (Å²) in [5.74, 6) is 5.75. The second-order valence-electron chi connectivity index (χ2n) is 12.0. The lowest BCUT2D eigenvalue weighted by Crippen LogP contribution is -2.56. The zero-order valence-corrected chi connectivity index (χ0v) is 18.9. The number of hydrogen-bond donors (Lipinski definition) is 0. The van der Waals surface area contributed by atoms with Crippen molar-refractivity contribution >= 4 is 0 Å². The summed E-state index contributed by atoms with van der Waals surface area (Å²) in [5, 5.41) is 0. The molecule has 1 heteroatoms. The highest BCUT2D eigenvalue weighted by Gasteiger charge is 2.60. The molecule has 4 fully saturated rings. The van der Waals surface area contributed by atoms with Crippen molar-refractivity contribution in [2.24, 2.45) is 46.3 Å². The average Bonchev–Trinajstić information content (AvgIpc) is 2.98. The molecule has 0 aromatic carbocycles. The van der Waals surface area contributed by atoms with Gasteiger partial charge in [-0.05, 0) is 97.7 Å². The third kappa shape index (κ3) is 3.43. The van der Waals surface area contributed by atoms with Crippen LogP contribution >= 0.6 is 0 Å². The molecule has 3 saturated carbocycles. The normalized spacial score (nSPS) is 48.0. The first-order valence-corrected chi connectivity index (χ1v) is 12.5. The smallest absolute Gasteiger partial charge is 0.0631 e. The molecule has 0 radical (unpaired) electrons. The fourth-order valence-electron chi connectivity index (χ4n) is 8.74. The van der Waals surface area contributed by atoms with E-state index < -0.39 is 0 Å². The van der Waals surface area contributed by atoms with Gasteiger partial charge < -0.3 is 4.74 Å². The van der Waals surface area contributed by atoms with E-state index in [1.807, 2.05) is 0 Å². The van der Waals surface area contributed by atoms with Crippen LogP contribution in [0.4, 0.5) is 0 Å². The third-order valence-electron chi connectivity index (χ3n) is 10.2. The Balaban J connectivity index is 1.46. The summed E-state index contributed by atoms with van der Waals surface area (Å²) in [4.78, 5) is 0. The highest BCUT2D eigenvalue weighted by atomic mass is 16.5. The van der Waals surface area contributed by atoms with E-state index in [2.05, 4.69) is 34.6 Å². The van der Waals surface area contributed by atoms with Crippen molar-refractivity contribution < 1.29 is 4.74 Å². The molecular weight excluding hydrogens is 328 g/mol. The fraction of sp³-hybridized carbons (Fsp3) is 1.00. The maximum absolute atomic E-state index is 6.29. The highest BCUT2D eigenvalue weighted by molar-refractivity contribution is 5.09. The molecule has 0 N–H and O–H groups in total. The van der Waals surface area contributed by atoms with Crippen molar-refractivity contribution in [3.63, 3.8) is 0 Å². The Morgan fingerprint density at radius 3 is 2.41 bits per heavy atom. The molecule has 156 valence electrons. The van der Waals surface area contributed by atoms with Gasteiger partial charge in [0, 0.05) is 6.61 Å². The Morgan fingerprint density at radius 2 is 1.63 bits per heavy atom. The Hall–Kier alpha value is -0.0400. The van der Waals surface area contributed by atoms with Gasteiger partial charge in [-0.3, -0.25) is 0 Å². The van der Waals surface area contributed by atoms with Gasteiger partial charge in [0.1, 0.15) is 0 Å². The molecule has 1 heterocycles. The van der Waals surface area contributed by atoms with Crippen LogP contribution in [0.3, 0.4) is 0 Å². The zero-order valence-electron chi connectivity index (χ0n) is 18.9. The summed E-state index contributed by atoms with van der Waals surface area (Å²) in [5.41, 5.74) is 1.13. The monoisotopic (exact) mass is 374 g/mol. The van der Waals surface area contributed by atoms with Gasteiger partial charge in [-0.1, -0.05) is 53.9 Å². The molecule has 0 aromatic rings. The van der Waals surface area contributed by atoms with Crippen LogP contribution in [0.1, 0.15) is 105 Å². The Kier molecular flexibility index (Phi) is 5.74. The van der Waals surface area contributed by atoms with Crippen molar-refractivity contribution in [3.05, 3.63) is 0 Å². The van der Waals surface area contributed by atoms with Crippen molar-refractivity contribution in [2.75, 3.05) is 6.61 Å². The largest absolute Gasteiger partial charge is 0.378 e. The second-order valence-corrected chi connectivity index (χ2v) is 12.0. The topological polar surface area (TPSA) is 9.23 Å². The van der Waals surface area contributed by atoms with Crippen LogP contribution in [0.2, 0.25) is 0 Å². The summed E-state index contributed by atoms with van der Waals surface area (Å²) in [7, 11) is 0. The van der Waals surface area contributed by atoms with Gasteiger partial charge in [0.05, 0.1) is 6.10 Å². The molecule has 4 rings (SSSR count). The van der Waals surface area contributed by atoms with Crippen LogP contribution in [0.5, 0.6) is 0 Å². The van der Waals surface area contributed by atoms with Crippen LogP contribution < -0.4 is 0 Å². The molecule has 0 aromatic heterocycles. The van der Waals surface area contributed by atoms with Crippen molar-refractivity contribution in [1.82, 2.24) is 0 Å². The summed E-state index contributed by atoms with van der Waals surface area (Å²) >= 11 is 0. The van der Waals surface area contributed by atoms with Crippen molar-refractivity contribution in [1.29, 1.82) is 0 Å². The van der Waals surface area contributed by atoms with Crippen LogP contribution in [0.25, 0.3) is 0 Å². The van der Waals surface area contributed by atoms with Gasteiger partial charge >= 0.3 is 0 Å². The van der Waals surface area contributed by atoms with Crippen LogP contribution in [0.15, 0.2) is 0 Å². The van der Waals surface area contributed by atoms with Gasteiger partial charge in [0.25, 0.3) is 0 Å². The molecule has 1 nitrogen and oxygen atoms in total. The van der Waals surface area contributed by atoms with E-state index in [1.165, 1.54) is 70.6 Å². The summed E-state index contributed by atoms with van der Waals surface area (Å²) < 4.78 is 6.29. The second kappa shape index (κ2) is 7.66. The van der Waals surface area contributed by atoms with Gasteiger partial charge in [0.2, 0.25) is 0 Å². The van der Waals surface area contributed by atoms with E-state index in [0.717, 1.165) is 42.1 Å². The lowest BCUT2D eigenvalue weighted by atomic mass is 9.47. The Morgan fingerprint density at radius 1 is 0.852 bits per heavy atom. The number of rotatable bonds is 5. The standard InChI is InChI=1S/C26H46O/c1-18(2)8-6-9-19(3)21-11-12-22-20-10-13-24-26(5,15-7-17-27-24)23(20)14-16-25(21,22)4/h18-24H,6-17H2,1-5H3/t19-,20+,21+,22-,23+,24+,25+,26+/m0/s1. The molecule has 0 bridgehead atoms. The maximum Gasteiger partial charge on any atom is 0.0631 e. The van der Waals surface area contributed by atoms with Gasteiger partial charge in [-0.25, -0.2) is 0 Å². The molecule has 0 unspecified atom stereocenters. The molecule has 8 atom stereocenters. The first-order chi connectivity index (χ1) is 12.9. The van der Waals surface area contributed by atoms with Crippen molar-refractivity contribution in [2.45, 2.75) is 111 Å².